The summed E-state index contributed by atoms with van der Waals surface area (Å²) in [6.45, 7) is 9.21. The van der Waals surface area contributed by atoms with Crippen LogP contribution in [0.2, 0.25) is 0 Å². The predicted molar refractivity (Wildman–Crippen MR) is 181 cm³/mol. The van der Waals surface area contributed by atoms with Crippen molar-refractivity contribution in [2.45, 2.75) is 13.8 Å². The second-order valence-corrected chi connectivity index (χ2v) is 11.2. The monoisotopic (exact) mass is 642 g/mol. The van der Waals surface area contributed by atoms with E-state index in [1.54, 1.807) is 56.8 Å². The van der Waals surface area contributed by atoms with E-state index in [9.17, 15) is 4.79 Å². The number of hydrogen-bond acceptors (Lipinski definition) is 11. The van der Waals surface area contributed by atoms with Gasteiger partial charge >= 0.3 is 6.09 Å². The first kappa shape index (κ1) is 33.3. The number of piperazine rings is 1. The van der Waals surface area contributed by atoms with Crippen molar-refractivity contribution in [1.29, 1.82) is 0 Å². The molecular weight excluding hydrogens is 600 g/mol. The van der Waals surface area contributed by atoms with E-state index in [2.05, 4.69) is 27.1 Å². The molecule has 1 saturated heterocycles. The van der Waals surface area contributed by atoms with Crippen LogP contribution >= 0.6 is 0 Å². The third kappa shape index (κ3) is 8.02. The lowest BCUT2D eigenvalue weighted by atomic mass is 10.1. The molecule has 0 aliphatic carbocycles. The maximum absolute atomic E-state index is 13.9. The Morgan fingerprint density at radius 2 is 1.53 bits per heavy atom. The third-order valence-electron chi connectivity index (χ3n) is 7.94. The Labute approximate surface area is 275 Å². The molecule has 1 N–H and O–H groups in total. The van der Waals surface area contributed by atoms with E-state index in [1.807, 2.05) is 38.1 Å². The van der Waals surface area contributed by atoms with Crippen molar-refractivity contribution in [3.05, 3.63) is 78.0 Å². The van der Waals surface area contributed by atoms with Crippen molar-refractivity contribution in [2.24, 2.45) is 0 Å². The van der Waals surface area contributed by atoms with Crippen LogP contribution in [0.25, 0.3) is 0 Å². The molecule has 12 nitrogen and oxygen atoms in total. The summed E-state index contributed by atoms with van der Waals surface area (Å²) in [6, 6.07) is 18.0. The van der Waals surface area contributed by atoms with Crippen molar-refractivity contribution >= 4 is 29.2 Å². The van der Waals surface area contributed by atoms with Crippen molar-refractivity contribution < 1.29 is 28.5 Å². The second-order valence-electron chi connectivity index (χ2n) is 11.2. The lowest BCUT2D eigenvalue weighted by Crippen LogP contribution is -2.45. The van der Waals surface area contributed by atoms with Gasteiger partial charge in [-0.3, -0.25) is 4.90 Å². The quantitative estimate of drug-likeness (QED) is 0.202. The van der Waals surface area contributed by atoms with Gasteiger partial charge in [-0.15, -0.1) is 0 Å². The minimum Gasteiger partial charge on any atom is -0.493 e. The van der Waals surface area contributed by atoms with Crippen LogP contribution in [0, 0.1) is 13.8 Å². The zero-order valence-electron chi connectivity index (χ0n) is 27.8. The molecule has 5 rings (SSSR count). The molecule has 1 aliphatic rings. The first-order valence-electron chi connectivity index (χ1n) is 15.4. The molecule has 0 bridgehead atoms. The summed E-state index contributed by atoms with van der Waals surface area (Å²) in [7, 11) is 6.81. The van der Waals surface area contributed by atoms with Crippen LogP contribution in [0.1, 0.15) is 11.1 Å². The van der Waals surface area contributed by atoms with Gasteiger partial charge in [0.25, 0.3) is 0 Å². The van der Waals surface area contributed by atoms with Crippen LogP contribution in [0.3, 0.4) is 0 Å². The average molecular weight is 643 g/mol. The molecule has 1 aromatic heterocycles. The summed E-state index contributed by atoms with van der Waals surface area (Å²) in [6.07, 6.45) is 0.925. The van der Waals surface area contributed by atoms with Gasteiger partial charge in [0.15, 0.2) is 23.0 Å². The second kappa shape index (κ2) is 15.5. The van der Waals surface area contributed by atoms with Crippen molar-refractivity contribution in [3.63, 3.8) is 0 Å². The Morgan fingerprint density at radius 3 is 2.21 bits per heavy atom. The predicted octanol–water partition coefficient (Wildman–Crippen LogP) is 5.83. The number of para-hydroxylation sites is 3. The van der Waals surface area contributed by atoms with Gasteiger partial charge in [-0.2, -0.15) is 4.98 Å². The van der Waals surface area contributed by atoms with Gasteiger partial charge in [0, 0.05) is 62.8 Å². The first-order chi connectivity index (χ1) is 22.8. The number of likely N-dealkylation sites (N-methyl/N-ethyl adjacent to an activating group) is 1. The summed E-state index contributed by atoms with van der Waals surface area (Å²) in [5.74, 6) is 2.78. The van der Waals surface area contributed by atoms with Gasteiger partial charge in [0.2, 0.25) is 11.7 Å². The zero-order chi connectivity index (χ0) is 33.3. The number of aromatic nitrogens is 2. The van der Waals surface area contributed by atoms with E-state index < -0.39 is 6.09 Å². The molecule has 4 aromatic rings. The van der Waals surface area contributed by atoms with E-state index >= 15 is 0 Å². The number of anilines is 4. The number of nitrogens with one attached hydrogen (secondary N) is 1. The van der Waals surface area contributed by atoms with Crippen molar-refractivity contribution in [2.75, 3.05) is 77.9 Å². The van der Waals surface area contributed by atoms with Gasteiger partial charge < -0.3 is 33.9 Å². The fourth-order valence-corrected chi connectivity index (χ4v) is 5.43. The summed E-state index contributed by atoms with van der Waals surface area (Å²) in [4.78, 5) is 29.2. The Balaban J connectivity index is 1.43. The van der Waals surface area contributed by atoms with E-state index in [4.69, 9.17) is 28.7 Å². The smallest absolute Gasteiger partial charge is 0.425 e. The first-order valence-corrected chi connectivity index (χ1v) is 15.4. The summed E-state index contributed by atoms with van der Waals surface area (Å²) < 4.78 is 28.8. The molecule has 1 aliphatic heterocycles. The molecule has 1 fully saturated rings. The number of nitrogens with zero attached hydrogens (tertiary/aromatic N) is 5. The average Bonchev–Trinajstić information content (AvgIpc) is 3.07. The van der Waals surface area contributed by atoms with Crippen LogP contribution in [0.5, 0.6) is 28.7 Å². The highest BCUT2D eigenvalue weighted by Crippen LogP contribution is 2.41. The maximum Gasteiger partial charge on any atom is 0.425 e. The molecule has 248 valence electrons. The topological polar surface area (TPSA) is 111 Å². The van der Waals surface area contributed by atoms with Crippen LogP contribution in [0.15, 0.2) is 66.9 Å². The minimum absolute atomic E-state index is 0.249. The maximum atomic E-state index is 13.9. The Bertz CT molecular complexity index is 1660. The number of amides is 1. The van der Waals surface area contributed by atoms with Crippen molar-refractivity contribution in [1.82, 2.24) is 19.8 Å². The van der Waals surface area contributed by atoms with Gasteiger partial charge in [-0.05, 0) is 44.2 Å². The van der Waals surface area contributed by atoms with Gasteiger partial charge in [0.05, 0.1) is 27.0 Å². The lowest BCUT2D eigenvalue weighted by molar-refractivity contribution is 0.132. The Kier molecular flexibility index (Phi) is 11.0. The normalized spacial score (nSPS) is 13.5. The molecule has 0 saturated carbocycles. The van der Waals surface area contributed by atoms with E-state index in [-0.39, 0.29) is 11.7 Å². The van der Waals surface area contributed by atoms with Crippen molar-refractivity contribution in [3.8, 4) is 28.7 Å². The van der Waals surface area contributed by atoms with Gasteiger partial charge in [-0.1, -0.05) is 30.3 Å². The number of rotatable bonds is 12. The number of hydrogen-bond donors (Lipinski definition) is 1. The largest absolute Gasteiger partial charge is 0.493 e. The number of carbonyl (C=O) groups excluding carboxylic acids is 1. The summed E-state index contributed by atoms with van der Waals surface area (Å²) in [5, 5.41) is 3.25. The number of benzene rings is 3. The molecule has 0 spiro atoms. The lowest BCUT2D eigenvalue weighted by Gasteiger charge is -2.32. The number of methoxy groups -OCH3 is 3. The third-order valence-corrected chi connectivity index (χ3v) is 7.94. The SMILES string of the molecule is COc1ccccc1OC(=O)N(c1ccnc(Nc2cc(OC)c(OC)c(OCCN3CCN(C)CC3)c2)n1)c1c(C)cccc1C. The molecular formula is C35H42N6O6. The Hall–Kier alpha value is -5.07. The number of carbonyl (C=O) groups is 1. The molecule has 3 aromatic carbocycles. The minimum atomic E-state index is -0.654. The highest BCUT2D eigenvalue weighted by molar-refractivity contribution is 5.98. The van der Waals surface area contributed by atoms with Crippen LogP contribution in [-0.4, -0.2) is 93.6 Å². The fraction of sp³-hybridized carbons (Fsp3) is 0.343. The fourth-order valence-electron chi connectivity index (χ4n) is 5.43. The Morgan fingerprint density at radius 1 is 0.851 bits per heavy atom. The summed E-state index contributed by atoms with van der Waals surface area (Å²) in [5.41, 5.74) is 3.01. The molecule has 47 heavy (non-hydrogen) atoms. The van der Waals surface area contributed by atoms with E-state index in [1.165, 1.54) is 12.0 Å². The van der Waals surface area contributed by atoms with Crippen LogP contribution < -0.4 is 33.9 Å². The molecule has 0 radical (unpaired) electrons. The molecule has 0 atom stereocenters. The van der Waals surface area contributed by atoms with Crippen LogP contribution in [-0.2, 0) is 0 Å². The highest BCUT2D eigenvalue weighted by atomic mass is 16.6. The number of ether oxygens (including phenoxy) is 5. The van der Waals surface area contributed by atoms with Crippen LogP contribution in [0.4, 0.5) is 27.9 Å². The van der Waals surface area contributed by atoms with E-state index in [0.29, 0.717) is 46.8 Å². The molecule has 12 heteroatoms. The van der Waals surface area contributed by atoms with Gasteiger partial charge in [-0.25, -0.2) is 14.7 Å². The molecule has 2 heterocycles. The molecule has 0 unspecified atom stereocenters. The highest BCUT2D eigenvalue weighted by Gasteiger charge is 2.26. The number of aryl methyl sites for hydroxylation is 2. The summed E-state index contributed by atoms with van der Waals surface area (Å²) >= 11 is 0. The zero-order valence-corrected chi connectivity index (χ0v) is 27.8. The van der Waals surface area contributed by atoms with E-state index in [0.717, 1.165) is 43.9 Å². The van der Waals surface area contributed by atoms with Gasteiger partial charge in [0.1, 0.15) is 12.4 Å². The standard InChI is InChI=1S/C35H42N6O6/c1-24-10-9-11-25(2)32(24)41(35(42)47-28-13-8-7-12-27(28)43-4)31-14-15-36-34(38-31)37-26-22-29(44-5)33(45-6)30(23-26)46-21-20-40-18-16-39(3)17-19-40/h7-15,22-23H,16-21H2,1-6H3,(H,36,37,38). The molecule has 1 amide bonds.